The summed E-state index contributed by atoms with van der Waals surface area (Å²) in [5.41, 5.74) is 20.4. The van der Waals surface area contributed by atoms with Crippen LogP contribution in [0, 0.1) is 41.7 Å². The topological polar surface area (TPSA) is 140 Å². The molecular weight excluding hydrogens is 796 g/mol. The molecule has 0 bridgehead atoms. The van der Waals surface area contributed by atoms with Crippen molar-refractivity contribution in [3.05, 3.63) is 0 Å². The molecule has 13 heteroatoms. The van der Waals surface area contributed by atoms with Crippen molar-refractivity contribution in [2.45, 2.75) is 0 Å². The number of nitrogens with one attached hydrogen (secondary N) is 3. The zero-order chi connectivity index (χ0) is 13.2. The van der Waals surface area contributed by atoms with Gasteiger partial charge in [0.25, 0.3) is 0 Å². The van der Waals surface area contributed by atoms with Crippen LogP contribution in [-0.2, 0) is 0 Å². The monoisotopic (exact) mass is 830 g/mol. The molecule has 0 spiro atoms. The van der Waals surface area contributed by atoms with Gasteiger partial charge in [-0.25, -0.2) is 0 Å². The molecule has 0 saturated heterocycles. The van der Waals surface area contributed by atoms with E-state index in [4.69, 9.17) is 22.9 Å². The van der Waals surface area contributed by atoms with Gasteiger partial charge >= 0.3 is 41.7 Å². The van der Waals surface area contributed by atoms with Crippen LogP contribution in [0.25, 0.3) is 0 Å². The first kappa shape index (κ1) is 50.6. The van der Waals surface area contributed by atoms with Crippen molar-refractivity contribution in [1.82, 2.24) is 16.0 Å². The standard InChI is InChI=1S/C8H23N5.C2H8N2.Ce.Sb.4Se/c9-1-3-11-5-7-13-8-6-12-4-2-10;3-1-2-4;;;;;;/h11-13H,1-10H2;1-4H2;;;;;;/q;;+4;;4*-2. The van der Waals surface area contributed by atoms with Crippen LogP contribution >= 0.6 is 0 Å². The molecule has 23 heavy (non-hydrogen) atoms. The zero-order valence-electron chi connectivity index (χ0n) is 13.5. The van der Waals surface area contributed by atoms with Crippen LogP contribution in [0.3, 0.4) is 0 Å². The van der Waals surface area contributed by atoms with Gasteiger partial charge in [-0.15, -0.1) is 0 Å². The van der Waals surface area contributed by atoms with E-state index in [-0.39, 0.29) is 134 Å². The third kappa shape index (κ3) is 66.6. The van der Waals surface area contributed by atoms with E-state index in [0.29, 0.717) is 26.2 Å². The molecule has 11 N–H and O–H groups in total. The van der Waals surface area contributed by atoms with Gasteiger partial charge in [-0.1, -0.05) is 0 Å². The summed E-state index contributed by atoms with van der Waals surface area (Å²) >= 11 is 0. The molecule has 0 aliphatic rings. The second-order valence-corrected chi connectivity index (χ2v) is 3.40. The fraction of sp³-hybridized carbons (Fsp3) is 1.00. The predicted molar refractivity (Wildman–Crippen MR) is 104 cm³/mol. The molecule has 0 atom stereocenters. The van der Waals surface area contributed by atoms with Gasteiger partial charge in [-0.2, -0.15) is 0 Å². The Kier molecular flexibility index (Phi) is 124. The van der Waals surface area contributed by atoms with Crippen molar-refractivity contribution in [3.63, 3.8) is 0 Å². The summed E-state index contributed by atoms with van der Waals surface area (Å²) in [6, 6.07) is 0. The molecule has 0 saturated carbocycles. The minimum Gasteiger partial charge on any atom is -2.00 e. The minimum absolute atomic E-state index is 0. The summed E-state index contributed by atoms with van der Waals surface area (Å²) in [5, 5.41) is 9.71. The molecule has 143 valence electrons. The van der Waals surface area contributed by atoms with Crippen molar-refractivity contribution >= 4 is 92.7 Å². The third-order valence-corrected chi connectivity index (χ3v) is 1.77. The van der Waals surface area contributed by atoms with Crippen LogP contribution < -0.4 is 38.9 Å². The minimum atomic E-state index is 0. The average Bonchev–Trinajstić information content (AvgIpc) is 2.37. The smallest absolute Gasteiger partial charge is 2.00 e. The van der Waals surface area contributed by atoms with E-state index in [2.05, 4.69) is 16.0 Å². The Bertz CT molecular complexity index is 127. The fourth-order valence-corrected chi connectivity index (χ4v) is 0.933. The van der Waals surface area contributed by atoms with Crippen molar-refractivity contribution in [3.8, 4) is 0 Å². The van der Waals surface area contributed by atoms with Crippen LogP contribution in [0.4, 0.5) is 0 Å². The van der Waals surface area contributed by atoms with Gasteiger partial charge in [0.1, 0.15) is 0 Å². The van der Waals surface area contributed by atoms with Crippen LogP contribution in [-0.4, -0.2) is 158 Å². The van der Waals surface area contributed by atoms with Crippen LogP contribution in [0.2, 0.25) is 0 Å². The number of nitrogens with two attached hydrogens (primary N) is 4. The number of rotatable bonds is 11. The molecular formula is C10H31CeN7SbSe4-4. The summed E-state index contributed by atoms with van der Waals surface area (Å²) in [6.07, 6.45) is 0. The van der Waals surface area contributed by atoms with Gasteiger partial charge in [0.2, 0.25) is 0 Å². The quantitative estimate of drug-likeness (QED) is 0.0817. The Balaban J connectivity index is -0.0000000339. The maximum Gasteiger partial charge on any atom is 4.00 e. The Hall–Kier alpha value is 3.99. The largest absolute Gasteiger partial charge is 4.00 e. The first-order valence-electron chi connectivity index (χ1n) is 6.25. The molecule has 0 heterocycles. The van der Waals surface area contributed by atoms with Crippen molar-refractivity contribution in [2.75, 3.05) is 65.4 Å². The van der Waals surface area contributed by atoms with E-state index in [9.17, 15) is 0 Å². The van der Waals surface area contributed by atoms with E-state index in [0.717, 1.165) is 39.3 Å². The first-order valence-corrected chi connectivity index (χ1v) is 6.25. The zero-order valence-corrected chi connectivity index (χ0v) is 26.0. The third-order valence-electron chi connectivity index (χ3n) is 1.77. The summed E-state index contributed by atoms with van der Waals surface area (Å²) in [6.45, 7) is 8.34. The average molecular weight is 827 g/mol. The van der Waals surface area contributed by atoms with E-state index in [1.807, 2.05) is 0 Å². The van der Waals surface area contributed by atoms with E-state index >= 15 is 0 Å². The second kappa shape index (κ2) is 56.2. The number of hydrogen-bond acceptors (Lipinski definition) is 7. The Morgan fingerprint density at radius 2 is 0.652 bits per heavy atom. The normalized spacial score (nSPS) is 7.30. The Morgan fingerprint density at radius 1 is 0.435 bits per heavy atom. The molecule has 0 aromatic heterocycles. The molecule has 0 aliphatic heterocycles. The van der Waals surface area contributed by atoms with Gasteiger partial charge in [0, 0.05) is 89.9 Å². The van der Waals surface area contributed by atoms with E-state index < -0.39 is 0 Å². The molecule has 0 unspecified atom stereocenters. The van der Waals surface area contributed by atoms with Gasteiger partial charge < -0.3 is 107 Å². The molecule has 0 amide bonds. The Morgan fingerprint density at radius 3 is 0.826 bits per heavy atom. The summed E-state index contributed by atoms with van der Waals surface area (Å²) < 4.78 is 0. The van der Waals surface area contributed by atoms with Crippen LogP contribution in [0.1, 0.15) is 0 Å². The van der Waals surface area contributed by atoms with Gasteiger partial charge in [-0.3, -0.25) is 0 Å². The summed E-state index contributed by atoms with van der Waals surface area (Å²) in [4.78, 5) is 0. The molecule has 7 nitrogen and oxygen atoms in total. The first-order chi connectivity index (χ1) is 8.33. The predicted octanol–water partition coefficient (Wildman–Crippen LogP) is -5.33. The SMILES string of the molecule is NCCN.NCCNCCNCCNCCN.[Ce+4].[Sb].[Se-2].[Se-2].[Se-2].[Se-2]. The summed E-state index contributed by atoms with van der Waals surface area (Å²) in [7, 11) is 0. The van der Waals surface area contributed by atoms with Crippen molar-refractivity contribution in [2.24, 2.45) is 22.9 Å². The molecule has 3 radical (unpaired) electrons. The van der Waals surface area contributed by atoms with Crippen molar-refractivity contribution in [1.29, 1.82) is 0 Å². The fourth-order valence-electron chi connectivity index (χ4n) is 0.933. The summed E-state index contributed by atoms with van der Waals surface area (Å²) in [5.74, 6) is 0. The van der Waals surface area contributed by atoms with Crippen LogP contribution in [0.5, 0.6) is 0 Å². The maximum absolute atomic E-state index is 5.32. The molecule has 0 aliphatic carbocycles. The number of hydrogen-bond donors (Lipinski definition) is 7. The van der Waals surface area contributed by atoms with E-state index in [1.54, 1.807) is 0 Å². The van der Waals surface area contributed by atoms with E-state index in [1.165, 1.54) is 0 Å². The van der Waals surface area contributed by atoms with Gasteiger partial charge in [0.05, 0.1) is 0 Å². The van der Waals surface area contributed by atoms with Crippen molar-refractivity contribution < 1.29 is 41.7 Å². The van der Waals surface area contributed by atoms with Crippen LogP contribution in [0.15, 0.2) is 0 Å². The Labute approximate surface area is 235 Å². The maximum atomic E-state index is 5.32. The van der Waals surface area contributed by atoms with Gasteiger partial charge in [0.15, 0.2) is 0 Å². The second-order valence-electron chi connectivity index (χ2n) is 3.40. The molecule has 0 aromatic rings. The van der Waals surface area contributed by atoms with Gasteiger partial charge in [-0.05, 0) is 0 Å². The molecule has 0 aromatic carbocycles. The molecule has 0 fully saturated rings. The molecule has 0 rings (SSSR count).